The van der Waals surface area contributed by atoms with E-state index < -0.39 is 11.6 Å². The zero-order valence-electron chi connectivity index (χ0n) is 11.8. The number of para-hydroxylation sites is 1. The third-order valence-electron chi connectivity index (χ3n) is 2.81. The molecule has 5 heteroatoms. The second-order valence-corrected chi connectivity index (χ2v) is 4.58. The van der Waals surface area contributed by atoms with Gasteiger partial charge in [0.25, 0.3) is 0 Å². The summed E-state index contributed by atoms with van der Waals surface area (Å²) < 4.78 is 32.6. The molecule has 2 aromatic carbocycles. The largest absolute Gasteiger partial charge is 0.488 e. The van der Waals surface area contributed by atoms with Gasteiger partial charge in [-0.15, -0.1) is 0 Å². The molecule has 0 spiro atoms. The predicted octanol–water partition coefficient (Wildman–Crippen LogP) is 3.87. The maximum absolute atomic E-state index is 13.8. The Labute approximate surface area is 122 Å². The van der Waals surface area contributed by atoms with Crippen LogP contribution in [-0.2, 0) is 6.54 Å². The normalized spacial score (nSPS) is 10.4. The SMILES string of the molecule is CCCOc1c(F)cc(CNNc2ccccc2)cc1F. The lowest BCUT2D eigenvalue weighted by Crippen LogP contribution is -2.21. The summed E-state index contributed by atoms with van der Waals surface area (Å²) in [4.78, 5) is 0. The summed E-state index contributed by atoms with van der Waals surface area (Å²) in [6.45, 7) is 2.46. The van der Waals surface area contributed by atoms with Crippen molar-refractivity contribution in [2.24, 2.45) is 0 Å². The fourth-order valence-corrected chi connectivity index (χ4v) is 1.83. The topological polar surface area (TPSA) is 33.3 Å². The molecular weight excluding hydrogens is 274 g/mol. The van der Waals surface area contributed by atoms with Crippen LogP contribution in [0.1, 0.15) is 18.9 Å². The molecular formula is C16H18F2N2O. The third-order valence-corrected chi connectivity index (χ3v) is 2.81. The van der Waals surface area contributed by atoms with Crippen molar-refractivity contribution in [2.45, 2.75) is 19.9 Å². The molecule has 2 N–H and O–H groups in total. The molecule has 0 radical (unpaired) electrons. The Balaban J connectivity index is 1.95. The first-order valence-corrected chi connectivity index (χ1v) is 6.85. The van der Waals surface area contributed by atoms with Crippen molar-refractivity contribution in [3.63, 3.8) is 0 Å². The molecule has 0 aliphatic rings. The molecule has 0 unspecified atom stereocenters. The second-order valence-electron chi connectivity index (χ2n) is 4.58. The maximum Gasteiger partial charge on any atom is 0.190 e. The predicted molar refractivity (Wildman–Crippen MR) is 79.0 cm³/mol. The summed E-state index contributed by atoms with van der Waals surface area (Å²) >= 11 is 0. The van der Waals surface area contributed by atoms with Gasteiger partial charge < -0.3 is 10.2 Å². The maximum atomic E-state index is 13.8. The van der Waals surface area contributed by atoms with Crippen LogP contribution in [-0.4, -0.2) is 6.61 Å². The smallest absolute Gasteiger partial charge is 0.190 e. The van der Waals surface area contributed by atoms with E-state index >= 15 is 0 Å². The molecule has 0 bridgehead atoms. The number of hydrazine groups is 1. The van der Waals surface area contributed by atoms with Gasteiger partial charge in [0.05, 0.1) is 6.61 Å². The highest BCUT2D eigenvalue weighted by Gasteiger charge is 2.12. The molecule has 0 saturated heterocycles. The van der Waals surface area contributed by atoms with Crippen LogP contribution in [0.25, 0.3) is 0 Å². The van der Waals surface area contributed by atoms with Crippen LogP contribution in [0.2, 0.25) is 0 Å². The Morgan fingerprint density at radius 1 is 1.05 bits per heavy atom. The van der Waals surface area contributed by atoms with E-state index in [1.165, 1.54) is 12.1 Å². The van der Waals surface area contributed by atoms with E-state index in [0.29, 0.717) is 18.6 Å². The zero-order valence-corrected chi connectivity index (χ0v) is 11.8. The van der Waals surface area contributed by atoms with Crippen LogP contribution in [0.15, 0.2) is 42.5 Å². The fourth-order valence-electron chi connectivity index (χ4n) is 1.83. The Kier molecular flexibility index (Phi) is 5.51. The van der Waals surface area contributed by atoms with Crippen molar-refractivity contribution < 1.29 is 13.5 Å². The first-order valence-electron chi connectivity index (χ1n) is 6.85. The van der Waals surface area contributed by atoms with Gasteiger partial charge in [0, 0.05) is 12.2 Å². The quantitative estimate of drug-likeness (QED) is 0.760. The number of anilines is 1. The van der Waals surface area contributed by atoms with Crippen LogP contribution in [0.5, 0.6) is 5.75 Å². The van der Waals surface area contributed by atoms with Gasteiger partial charge in [-0.05, 0) is 36.2 Å². The molecule has 21 heavy (non-hydrogen) atoms. The lowest BCUT2D eigenvalue weighted by atomic mass is 10.2. The minimum atomic E-state index is -0.681. The van der Waals surface area contributed by atoms with Crippen LogP contribution in [0.3, 0.4) is 0 Å². The molecule has 0 atom stereocenters. The van der Waals surface area contributed by atoms with E-state index in [2.05, 4.69) is 10.9 Å². The average Bonchev–Trinajstić information content (AvgIpc) is 2.48. The van der Waals surface area contributed by atoms with Gasteiger partial charge in [-0.25, -0.2) is 14.2 Å². The lowest BCUT2D eigenvalue weighted by Gasteiger charge is -2.11. The number of halogens is 2. The summed E-state index contributed by atoms with van der Waals surface area (Å²) in [5.74, 6) is -1.67. The third kappa shape index (κ3) is 4.43. The lowest BCUT2D eigenvalue weighted by molar-refractivity contribution is 0.284. The summed E-state index contributed by atoms with van der Waals surface area (Å²) in [5, 5.41) is 0. The minimum Gasteiger partial charge on any atom is -0.488 e. The molecule has 0 heterocycles. The summed E-state index contributed by atoms with van der Waals surface area (Å²) in [6, 6.07) is 12.0. The number of hydrogen-bond acceptors (Lipinski definition) is 3. The Bertz CT molecular complexity index is 553. The molecule has 0 saturated carbocycles. The highest BCUT2D eigenvalue weighted by Crippen LogP contribution is 2.23. The van der Waals surface area contributed by atoms with Gasteiger partial charge in [-0.1, -0.05) is 25.1 Å². The number of ether oxygens (including phenoxy) is 1. The molecule has 2 aromatic rings. The van der Waals surface area contributed by atoms with Gasteiger partial charge in [0.2, 0.25) is 0 Å². The molecule has 112 valence electrons. The van der Waals surface area contributed by atoms with Crippen molar-refractivity contribution in [3.8, 4) is 5.75 Å². The summed E-state index contributed by atoms with van der Waals surface area (Å²) in [6.07, 6.45) is 0.698. The number of nitrogens with one attached hydrogen (secondary N) is 2. The van der Waals surface area contributed by atoms with E-state index in [1.807, 2.05) is 37.3 Å². The molecule has 0 aliphatic carbocycles. The van der Waals surface area contributed by atoms with Crippen molar-refractivity contribution in [1.29, 1.82) is 0 Å². The highest BCUT2D eigenvalue weighted by molar-refractivity contribution is 5.41. The first kappa shape index (κ1) is 15.3. The van der Waals surface area contributed by atoms with Gasteiger partial charge in [-0.2, -0.15) is 0 Å². The van der Waals surface area contributed by atoms with E-state index in [4.69, 9.17) is 4.74 Å². The summed E-state index contributed by atoms with van der Waals surface area (Å²) in [7, 11) is 0. The van der Waals surface area contributed by atoms with E-state index in [9.17, 15) is 8.78 Å². The summed E-state index contributed by atoms with van der Waals surface area (Å²) in [5.41, 5.74) is 7.24. The standard InChI is InChI=1S/C16H18F2N2O/c1-2-8-21-16-14(17)9-12(10-15(16)18)11-19-20-13-6-4-3-5-7-13/h3-7,9-10,19-20H,2,8,11H2,1H3. The van der Waals surface area contributed by atoms with Crippen molar-refractivity contribution >= 4 is 5.69 Å². The van der Waals surface area contributed by atoms with E-state index in [1.54, 1.807) is 0 Å². The van der Waals surface area contributed by atoms with Gasteiger partial charge in [0.1, 0.15) is 0 Å². The van der Waals surface area contributed by atoms with Crippen LogP contribution in [0.4, 0.5) is 14.5 Å². The molecule has 3 nitrogen and oxygen atoms in total. The van der Waals surface area contributed by atoms with Crippen LogP contribution >= 0.6 is 0 Å². The van der Waals surface area contributed by atoms with Crippen LogP contribution in [0, 0.1) is 11.6 Å². The molecule has 0 amide bonds. The molecule has 2 rings (SSSR count). The number of hydrogen-bond donors (Lipinski definition) is 2. The monoisotopic (exact) mass is 292 g/mol. The zero-order chi connectivity index (χ0) is 15.1. The van der Waals surface area contributed by atoms with Gasteiger partial charge >= 0.3 is 0 Å². The second kappa shape index (κ2) is 7.59. The van der Waals surface area contributed by atoms with Gasteiger partial charge in [-0.3, -0.25) is 0 Å². The minimum absolute atomic E-state index is 0.288. The fraction of sp³-hybridized carbons (Fsp3) is 0.250. The first-order chi connectivity index (χ1) is 10.2. The number of rotatable bonds is 7. The highest BCUT2D eigenvalue weighted by atomic mass is 19.1. The van der Waals surface area contributed by atoms with E-state index in [-0.39, 0.29) is 12.3 Å². The van der Waals surface area contributed by atoms with Crippen molar-refractivity contribution in [1.82, 2.24) is 5.43 Å². The molecule has 0 aromatic heterocycles. The van der Waals surface area contributed by atoms with E-state index in [0.717, 1.165) is 5.69 Å². The Hall–Kier alpha value is -2.14. The number of benzene rings is 2. The van der Waals surface area contributed by atoms with Gasteiger partial charge in [0.15, 0.2) is 17.4 Å². The Morgan fingerprint density at radius 3 is 2.33 bits per heavy atom. The Morgan fingerprint density at radius 2 is 1.71 bits per heavy atom. The molecule has 0 fully saturated rings. The molecule has 0 aliphatic heterocycles. The van der Waals surface area contributed by atoms with Crippen molar-refractivity contribution in [3.05, 3.63) is 59.7 Å². The van der Waals surface area contributed by atoms with Crippen molar-refractivity contribution in [2.75, 3.05) is 12.0 Å². The van der Waals surface area contributed by atoms with Crippen LogP contribution < -0.4 is 15.6 Å². The average molecular weight is 292 g/mol.